The average molecular weight is 183 g/mol. The van der Waals surface area contributed by atoms with E-state index in [2.05, 4.69) is 27.0 Å². The smallest absolute Gasteiger partial charge is 0.151 e. The van der Waals surface area contributed by atoms with Crippen LogP contribution in [0.5, 0.6) is 0 Å². The molecule has 0 saturated carbocycles. The number of hydrogen-bond acceptors (Lipinski definition) is 3. The van der Waals surface area contributed by atoms with Crippen molar-refractivity contribution in [3.63, 3.8) is 0 Å². The number of benzene rings is 1. The van der Waals surface area contributed by atoms with Gasteiger partial charge in [-0.2, -0.15) is 0 Å². The molecule has 0 unspecified atom stereocenters. The number of fused-ring (bicyclic) bond motifs is 3. The number of anilines is 1. The molecule has 3 heteroatoms. The van der Waals surface area contributed by atoms with Gasteiger partial charge in [-0.15, -0.1) is 0 Å². The molecule has 2 heterocycles. The molecule has 0 aromatic heterocycles. The van der Waals surface area contributed by atoms with E-state index in [9.17, 15) is 0 Å². The number of para-hydroxylation sites is 1. The SMILES string of the molecule is C1=NC=C2N=Cc3ccccc3N2C1. The van der Waals surface area contributed by atoms with Crippen LogP contribution >= 0.6 is 0 Å². The number of aliphatic imine (C=N–C) groups is 2. The maximum Gasteiger partial charge on any atom is 0.151 e. The molecule has 14 heavy (non-hydrogen) atoms. The fourth-order valence-corrected chi connectivity index (χ4v) is 1.71. The van der Waals surface area contributed by atoms with Crippen molar-refractivity contribution in [2.75, 3.05) is 11.4 Å². The molecule has 1 aromatic carbocycles. The van der Waals surface area contributed by atoms with Crippen LogP contribution in [0.25, 0.3) is 0 Å². The Balaban J connectivity index is 2.18. The Hall–Kier alpha value is -1.90. The second-order valence-corrected chi connectivity index (χ2v) is 3.25. The van der Waals surface area contributed by atoms with Crippen molar-refractivity contribution in [2.24, 2.45) is 9.98 Å². The van der Waals surface area contributed by atoms with Crippen LogP contribution in [-0.4, -0.2) is 19.0 Å². The molecule has 3 rings (SSSR count). The van der Waals surface area contributed by atoms with Gasteiger partial charge in [-0.25, -0.2) is 4.99 Å². The number of nitrogens with zero attached hydrogens (tertiary/aromatic N) is 3. The highest BCUT2D eigenvalue weighted by Crippen LogP contribution is 2.27. The summed E-state index contributed by atoms with van der Waals surface area (Å²) in [6.45, 7) is 0.806. The first kappa shape index (κ1) is 7.50. The Morgan fingerprint density at radius 2 is 2.14 bits per heavy atom. The summed E-state index contributed by atoms with van der Waals surface area (Å²) in [7, 11) is 0. The van der Waals surface area contributed by atoms with Crippen LogP contribution in [-0.2, 0) is 0 Å². The van der Waals surface area contributed by atoms with Gasteiger partial charge < -0.3 is 4.90 Å². The molecule has 0 spiro atoms. The zero-order chi connectivity index (χ0) is 9.38. The minimum absolute atomic E-state index is 0.806. The summed E-state index contributed by atoms with van der Waals surface area (Å²) >= 11 is 0. The zero-order valence-corrected chi connectivity index (χ0v) is 7.59. The van der Waals surface area contributed by atoms with E-state index < -0.39 is 0 Å². The van der Waals surface area contributed by atoms with Gasteiger partial charge in [0, 0.05) is 18.0 Å². The van der Waals surface area contributed by atoms with Crippen molar-refractivity contribution in [2.45, 2.75) is 0 Å². The molecule has 0 atom stereocenters. The third kappa shape index (κ3) is 0.988. The fourth-order valence-electron chi connectivity index (χ4n) is 1.71. The van der Waals surface area contributed by atoms with Crippen LogP contribution in [0.15, 0.2) is 46.3 Å². The van der Waals surface area contributed by atoms with E-state index >= 15 is 0 Å². The Morgan fingerprint density at radius 3 is 3.14 bits per heavy atom. The van der Waals surface area contributed by atoms with Gasteiger partial charge in [0.25, 0.3) is 0 Å². The molecule has 0 amide bonds. The molecule has 3 nitrogen and oxygen atoms in total. The number of hydrogen-bond donors (Lipinski definition) is 0. The Bertz CT molecular complexity index is 457. The monoisotopic (exact) mass is 183 g/mol. The standard InChI is InChI=1S/C11H9N3/c1-2-4-10-9(3-1)7-13-11-8-12-5-6-14(10)11/h1-5,7-8H,6H2. The Morgan fingerprint density at radius 1 is 1.21 bits per heavy atom. The number of rotatable bonds is 0. The van der Waals surface area contributed by atoms with Gasteiger partial charge in [-0.05, 0) is 6.07 Å². The van der Waals surface area contributed by atoms with Crippen molar-refractivity contribution >= 4 is 18.1 Å². The van der Waals surface area contributed by atoms with Gasteiger partial charge in [-0.3, -0.25) is 4.99 Å². The van der Waals surface area contributed by atoms with E-state index in [1.807, 2.05) is 24.6 Å². The van der Waals surface area contributed by atoms with Crippen molar-refractivity contribution in [1.82, 2.24) is 0 Å². The topological polar surface area (TPSA) is 28.0 Å². The second kappa shape index (κ2) is 2.80. The largest absolute Gasteiger partial charge is 0.319 e. The molecule has 68 valence electrons. The highest BCUT2D eigenvalue weighted by molar-refractivity contribution is 5.93. The molecule has 0 radical (unpaired) electrons. The second-order valence-electron chi connectivity index (χ2n) is 3.25. The van der Waals surface area contributed by atoms with Crippen molar-refractivity contribution in [1.29, 1.82) is 0 Å². The van der Waals surface area contributed by atoms with Gasteiger partial charge >= 0.3 is 0 Å². The van der Waals surface area contributed by atoms with Crippen LogP contribution in [0.4, 0.5) is 5.69 Å². The minimum atomic E-state index is 0.806. The Kier molecular flexibility index (Phi) is 1.50. The van der Waals surface area contributed by atoms with Crippen LogP contribution < -0.4 is 4.90 Å². The van der Waals surface area contributed by atoms with Crippen LogP contribution in [0.2, 0.25) is 0 Å². The third-order valence-corrected chi connectivity index (χ3v) is 2.40. The summed E-state index contributed by atoms with van der Waals surface area (Å²) < 4.78 is 0. The van der Waals surface area contributed by atoms with Crippen LogP contribution in [0, 0.1) is 0 Å². The van der Waals surface area contributed by atoms with E-state index in [0.717, 1.165) is 12.4 Å². The first-order chi connectivity index (χ1) is 6.95. The van der Waals surface area contributed by atoms with Crippen LogP contribution in [0.3, 0.4) is 0 Å². The summed E-state index contributed by atoms with van der Waals surface area (Å²) in [4.78, 5) is 10.6. The predicted molar refractivity (Wildman–Crippen MR) is 58.0 cm³/mol. The molecule has 0 bridgehead atoms. The molecule has 2 aliphatic rings. The Labute approximate surface area is 82.1 Å². The lowest BCUT2D eigenvalue weighted by Crippen LogP contribution is -2.28. The summed E-state index contributed by atoms with van der Waals surface area (Å²) in [5, 5.41) is 0. The molecule has 0 saturated heterocycles. The zero-order valence-electron chi connectivity index (χ0n) is 7.59. The molecule has 2 aliphatic heterocycles. The van der Waals surface area contributed by atoms with Gasteiger partial charge in [-0.1, -0.05) is 18.2 Å². The molecule has 0 fully saturated rings. The fraction of sp³-hybridized carbons (Fsp3) is 0.0909. The van der Waals surface area contributed by atoms with Crippen molar-refractivity contribution < 1.29 is 0 Å². The van der Waals surface area contributed by atoms with E-state index in [1.54, 1.807) is 6.20 Å². The lowest BCUT2D eigenvalue weighted by atomic mass is 10.1. The quantitative estimate of drug-likeness (QED) is 0.602. The predicted octanol–water partition coefficient (Wildman–Crippen LogP) is 1.81. The summed E-state index contributed by atoms with van der Waals surface area (Å²) in [5.74, 6) is 0.922. The molecular weight excluding hydrogens is 174 g/mol. The maximum absolute atomic E-state index is 4.34. The van der Waals surface area contributed by atoms with E-state index in [0.29, 0.717) is 0 Å². The van der Waals surface area contributed by atoms with Gasteiger partial charge in [0.05, 0.1) is 18.4 Å². The first-order valence-corrected chi connectivity index (χ1v) is 4.57. The average Bonchev–Trinajstić information content (AvgIpc) is 2.29. The molecule has 1 aromatic rings. The summed E-state index contributed by atoms with van der Waals surface area (Å²) in [6.07, 6.45) is 5.57. The molecule has 0 aliphatic carbocycles. The van der Waals surface area contributed by atoms with E-state index in [4.69, 9.17) is 0 Å². The van der Waals surface area contributed by atoms with Gasteiger partial charge in [0.15, 0.2) is 5.82 Å². The molecule has 0 N–H and O–H groups in total. The van der Waals surface area contributed by atoms with E-state index in [1.165, 1.54) is 11.3 Å². The highest BCUT2D eigenvalue weighted by atomic mass is 15.2. The lowest BCUT2D eigenvalue weighted by Gasteiger charge is -2.28. The third-order valence-electron chi connectivity index (χ3n) is 2.40. The lowest BCUT2D eigenvalue weighted by molar-refractivity contribution is 0.980. The van der Waals surface area contributed by atoms with E-state index in [-0.39, 0.29) is 0 Å². The van der Waals surface area contributed by atoms with Gasteiger partial charge in [0.1, 0.15) is 0 Å². The maximum atomic E-state index is 4.34. The van der Waals surface area contributed by atoms with Crippen molar-refractivity contribution in [3.05, 3.63) is 41.8 Å². The first-order valence-electron chi connectivity index (χ1n) is 4.57. The molecular formula is C11H9N3. The van der Waals surface area contributed by atoms with Gasteiger partial charge in [0.2, 0.25) is 0 Å². The summed E-state index contributed by atoms with van der Waals surface area (Å²) in [5.41, 5.74) is 2.37. The minimum Gasteiger partial charge on any atom is -0.319 e. The van der Waals surface area contributed by atoms with Crippen LogP contribution in [0.1, 0.15) is 5.56 Å². The van der Waals surface area contributed by atoms with Crippen molar-refractivity contribution in [3.8, 4) is 0 Å². The summed E-state index contributed by atoms with van der Waals surface area (Å²) in [6, 6.07) is 8.24. The normalized spacial score (nSPS) is 17.4. The highest BCUT2D eigenvalue weighted by Gasteiger charge is 2.18.